The molecule has 0 aromatic carbocycles. The monoisotopic (exact) mass is 458 g/mol. The first kappa shape index (κ1) is 30.1. The van der Waals surface area contributed by atoms with Gasteiger partial charge in [0.1, 0.15) is 17.7 Å². The first-order valence-electron chi connectivity index (χ1n) is 11.5. The highest BCUT2D eigenvalue weighted by atomic mass is 16.6. The van der Waals surface area contributed by atoms with Gasteiger partial charge in [0.05, 0.1) is 0 Å². The van der Waals surface area contributed by atoms with Crippen LogP contribution >= 0.6 is 0 Å². The van der Waals surface area contributed by atoms with E-state index < -0.39 is 29.3 Å². The molecule has 0 unspecified atom stereocenters. The van der Waals surface area contributed by atoms with Crippen molar-refractivity contribution < 1.29 is 23.9 Å². The number of rotatable bonds is 13. The highest BCUT2D eigenvalue weighted by molar-refractivity contribution is 5.78. The summed E-state index contributed by atoms with van der Waals surface area (Å²) in [7, 11) is 3.63. The fraction of sp³-hybridized carbons (Fsp3) is 0.870. The van der Waals surface area contributed by atoms with Crippen molar-refractivity contribution in [2.75, 3.05) is 33.7 Å². The largest absolute Gasteiger partial charge is 0.459 e. The maximum absolute atomic E-state index is 12.5. The van der Waals surface area contributed by atoms with E-state index in [4.69, 9.17) is 9.47 Å². The summed E-state index contributed by atoms with van der Waals surface area (Å²) in [5.74, 6) is -0.733. The summed E-state index contributed by atoms with van der Waals surface area (Å²) >= 11 is 0. The number of amides is 2. The van der Waals surface area contributed by atoms with Crippen molar-refractivity contribution in [3.8, 4) is 0 Å². The van der Waals surface area contributed by atoms with E-state index in [9.17, 15) is 14.4 Å². The molecule has 2 amide bonds. The maximum Gasteiger partial charge on any atom is 0.407 e. The van der Waals surface area contributed by atoms with Gasteiger partial charge in [-0.2, -0.15) is 0 Å². The van der Waals surface area contributed by atoms with Gasteiger partial charge in [0.15, 0.2) is 0 Å². The first-order valence-corrected chi connectivity index (χ1v) is 11.5. The molecule has 0 aromatic rings. The zero-order chi connectivity index (χ0) is 24.9. The zero-order valence-electron chi connectivity index (χ0n) is 21.7. The average molecular weight is 459 g/mol. The quantitative estimate of drug-likeness (QED) is 0.248. The van der Waals surface area contributed by atoms with E-state index in [-0.39, 0.29) is 18.9 Å². The van der Waals surface area contributed by atoms with Crippen molar-refractivity contribution in [2.24, 2.45) is 0 Å². The van der Waals surface area contributed by atoms with Gasteiger partial charge in [-0.1, -0.05) is 19.8 Å². The Balaban J connectivity index is 4.81. The third-order valence-corrected chi connectivity index (χ3v) is 4.26. The minimum absolute atomic E-state index is 0.0701. The summed E-state index contributed by atoms with van der Waals surface area (Å²) in [5, 5.41) is 4.20. The van der Waals surface area contributed by atoms with Gasteiger partial charge in [-0.25, -0.2) is 9.80 Å². The second kappa shape index (κ2) is 14.3. The van der Waals surface area contributed by atoms with Crippen LogP contribution in [0, 0.1) is 0 Å². The first-order chi connectivity index (χ1) is 14.6. The van der Waals surface area contributed by atoms with E-state index in [1.54, 1.807) is 48.6 Å². The molecule has 0 radical (unpaired) electrons. The van der Waals surface area contributed by atoms with Crippen LogP contribution in [0.4, 0.5) is 4.79 Å². The van der Waals surface area contributed by atoms with Gasteiger partial charge in [0.2, 0.25) is 5.91 Å². The van der Waals surface area contributed by atoms with Gasteiger partial charge in [0, 0.05) is 19.5 Å². The van der Waals surface area contributed by atoms with Crippen LogP contribution in [0.2, 0.25) is 0 Å². The van der Waals surface area contributed by atoms with Gasteiger partial charge in [0.25, 0.3) is 0 Å². The molecule has 0 aromatic heterocycles. The Morgan fingerprint density at radius 1 is 0.906 bits per heavy atom. The predicted molar refractivity (Wildman–Crippen MR) is 126 cm³/mol. The van der Waals surface area contributed by atoms with Crippen LogP contribution in [-0.4, -0.2) is 78.9 Å². The molecule has 188 valence electrons. The standard InChI is InChI=1S/C23H46N4O5/c1-10-11-12-14-26(8)15-13-18(24-21(30)32-23(5,6)7)16-19(28)25-27(9)17-20(29)31-22(2,3)4/h18H,10-17H2,1-9H3,(H,24,30)(H,25,28)/t18-/m0/s1. The molecule has 0 aliphatic carbocycles. The molecule has 0 heterocycles. The molecule has 1 atom stereocenters. The number of ether oxygens (including phenoxy) is 2. The van der Waals surface area contributed by atoms with Crippen molar-refractivity contribution >= 4 is 18.0 Å². The second-order valence-corrected chi connectivity index (χ2v) is 10.3. The van der Waals surface area contributed by atoms with Crippen molar-refractivity contribution in [1.29, 1.82) is 0 Å². The maximum atomic E-state index is 12.5. The van der Waals surface area contributed by atoms with Gasteiger partial charge < -0.3 is 19.7 Å². The number of carbonyl (C=O) groups is 3. The minimum Gasteiger partial charge on any atom is -0.459 e. The number of esters is 1. The SMILES string of the molecule is CCCCCN(C)CC[C@@H](CC(=O)NN(C)CC(=O)OC(C)(C)C)NC(=O)OC(C)(C)C. The van der Waals surface area contributed by atoms with Gasteiger partial charge in [-0.3, -0.25) is 15.0 Å². The number of alkyl carbamates (subject to hydrolysis) is 1. The lowest BCUT2D eigenvalue weighted by molar-refractivity contribution is -0.156. The zero-order valence-corrected chi connectivity index (χ0v) is 21.7. The van der Waals surface area contributed by atoms with Crippen LogP contribution in [0.5, 0.6) is 0 Å². The Hall–Kier alpha value is -1.87. The molecule has 0 aliphatic rings. The van der Waals surface area contributed by atoms with Crippen LogP contribution in [0.3, 0.4) is 0 Å². The topological polar surface area (TPSA) is 100 Å². The molecule has 0 spiro atoms. The number of unbranched alkanes of at least 4 members (excludes halogenated alkanes) is 2. The predicted octanol–water partition coefficient (Wildman–Crippen LogP) is 3.09. The molecule has 0 aliphatic heterocycles. The van der Waals surface area contributed by atoms with E-state index in [2.05, 4.69) is 22.6 Å². The molecule has 0 fully saturated rings. The smallest absolute Gasteiger partial charge is 0.407 e. The molecule has 0 rings (SSSR count). The molecule has 0 saturated carbocycles. The van der Waals surface area contributed by atoms with Crippen molar-refractivity contribution in [3.05, 3.63) is 0 Å². The van der Waals surface area contributed by atoms with E-state index in [1.165, 1.54) is 11.4 Å². The van der Waals surface area contributed by atoms with Crippen molar-refractivity contribution in [3.63, 3.8) is 0 Å². The fourth-order valence-electron chi connectivity index (χ4n) is 2.91. The molecule has 32 heavy (non-hydrogen) atoms. The van der Waals surface area contributed by atoms with Crippen LogP contribution in [0.25, 0.3) is 0 Å². The third kappa shape index (κ3) is 17.8. The number of nitrogens with zero attached hydrogens (tertiary/aromatic N) is 2. The Morgan fingerprint density at radius 3 is 2.03 bits per heavy atom. The lowest BCUT2D eigenvalue weighted by atomic mass is 10.1. The lowest BCUT2D eigenvalue weighted by Gasteiger charge is -2.26. The molecule has 0 saturated heterocycles. The summed E-state index contributed by atoms with van der Waals surface area (Å²) < 4.78 is 10.6. The summed E-state index contributed by atoms with van der Waals surface area (Å²) in [4.78, 5) is 38.9. The van der Waals surface area contributed by atoms with E-state index in [0.717, 1.165) is 25.9 Å². The lowest BCUT2D eigenvalue weighted by Crippen LogP contribution is -2.47. The van der Waals surface area contributed by atoms with Gasteiger partial charge in [-0.05, 0) is 74.5 Å². The number of hydrogen-bond donors (Lipinski definition) is 2. The molecule has 0 bridgehead atoms. The summed E-state index contributed by atoms with van der Waals surface area (Å²) in [6.07, 6.45) is 3.58. The number of hydrazine groups is 1. The Labute approximate surface area is 194 Å². The Morgan fingerprint density at radius 2 is 1.50 bits per heavy atom. The number of hydrogen-bond acceptors (Lipinski definition) is 7. The van der Waals surface area contributed by atoms with Gasteiger partial charge in [-0.15, -0.1) is 0 Å². The van der Waals surface area contributed by atoms with Crippen molar-refractivity contribution in [1.82, 2.24) is 20.7 Å². The number of likely N-dealkylation sites (N-methyl/N-ethyl adjacent to an activating group) is 1. The molecular formula is C23H46N4O5. The van der Waals surface area contributed by atoms with Crippen LogP contribution in [0.15, 0.2) is 0 Å². The van der Waals surface area contributed by atoms with E-state index in [1.807, 2.05) is 7.05 Å². The number of carbonyl (C=O) groups excluding carboxylic acids is 3. The fourth-order valence-corrected chi connectivity index (χ4v) is 2.91. The van der Waals surface area contributed by atoms with Crippen LogP contribution in [0.1, 0.15) is 80.6 Å². The molecule has 9 nitrogen and oxygen atoms in total. The second-order valence-electron chi connectivity index (χ2n) is 10.3. The number of nitrogens with one attached hydrogen (secondary N) is 2. The third-order valence-electron chi connectivity index (χ3n) is 4.26. The molecular weight excluding hydrogens is 412 g/mol. The summed E-state index contributed by atoms with van der Waals surface area (Å²) in [5.41, 5.74) is 1.45. The molecule has 9 heteroatoms. The Bertz CT molecular complexity index is 584. The normalized spacial score (nSPS) is 13.1. The van der Waals surface area contributed by atoms with Gasteiger partial charge >= 0.3 is 12.1 Å². The van der Waals surface area contributed by atoms with Crippen LogP contribution < -0.4 is 10.7 Å². The van der Waals surface area contributed by atoms with Crippen LogP contribution in [-0.2, 0) is 19.1 Å². The summed E-state index contributed by atoms with van der Waals surface area (Å²) in [6, 6.07) is -0.395. The minimum atomic E-state index is -0.624. The highest BCUT2D eigenvalue weighted by Crippen LogP contribution is 2.09. The molecule has 2 N–H and O–H groups in total. The average Bonchev–Trinajstić information content (AvgIpc) is 2.56. The van der Waals surface area contributed by atoms with Crippen molar-refractivity contribution in [2.45, 2.75) is 97.8 Å². The summed E-state index contributed by atoms with van der Waals surface area (Å²) in [6.45, 7) is 14.5. The van der Waals surface area contributed by atoms with E-state index >= 15 is 0 Å². The Kier molecular flexibility index (Phi) is 13.5. The van der Waals surface area contributed by atoms with E-state index in [0.29, 0.717) is 6.42 Å². The highest BCUT2D eigenvalue weighted by Gasteiger charge is 2.23.